The van der Waals surface area contributed by atoms with Crippen LogP contribution >= 0.6 is 34.8 Å². The second-order valence-corrected chi connectivity index (χ2v) is 12.2. The van der Waals surface area contributed by atoms with Crippen molar-refractivity contribution in [2.24, 2.45) is 5.92 Å². The summed E-state index contributed by atoms with van der Waals surface area (Å²) in [6.45, 7) is 0.468. The first kappa shape index (κ1) is 37.7. The largest absolute Gasteiger partial charge is 0.405 e. The zero-order chi connectivity index (χ0) is 35.1. The smallest absolute Gasteiger partial charge is 0.344 e. The summed E-state index contributed by atoms with van der Waals surface area (Å²) in [4.78, 5) is 51.9. The Labute approximate surface area is 282 Å². The monoisotopic (exact) mass is 719 g/mol. The van der Waals surface area contributed by atoms with Crippen LogP contribution in [0, 0.1) is 5.92 Å². The third-order valence-corrected chi connectivity index (χ3v) is 7.63. The Morgan fingerprint density at radius 1 is 0.723 bits per heavy atom. The number of benzene rings is 3. The third-order valence-electron chi connectivity index (χ3n) is 6.94. The van der Waals surface area contributed by atoms with Gasteiger partial charge in [-0.25, -0.2) is 0 Å². The van der Waals surface area contributed by atoms with E-state index in [9.17, 15) is 41.1 Å². The number of Topliss-reactive ketones (excluding diaryl/α,β-unsaturated/α-hetero) is 1. The average molecular weight is 721 g/mol. The maximum Gasteiger partial charge on any atom is 0.405 e. The van der Waals surface area contributed by atoms with Crippen molar-refractivity contribution in [1.82, 2.24) is 16.0 Å². The van der Waals surface area contributed by atoms with Gasteiger partial charge in [-0.1, -0.05) is 91.1 Å². The van der Waals surface area contributed by atoms with Crippen molar-refractivity contribution >= 4 is 58.3 Å². The van der Waals surface area contributed by atoms with Gasteiger partial charge in [-0.15, -0.1) is 0 Å². The SMILES string of the molecule is CC(C)[C@H](NC(=O)[C@@H](NC(=O)CC(c1ccccc1)c1cc(Cl)cc(Cl)c1)c1ccc(Cl)cc1)C(=O)C(F)(F)C(=O)NCC(F)(F)F. The van der Waals surface area contributed by atoms with Crippen molar-refractivity contribution in [2.45, 2.75) is 50.4 Å². The van der Waals surface area contributed by atoms with Crippen LogP contribution in [-0.4, -0.2) is 48.2 Å². The zero-order valence-electron chi connectivity index (χ0n) is 24.8. The molecule has 0 spiro atoms. The summed E-state index contributed by atoms with van der Waals surface area (Å²) >= 11 is 18.4. The molecule has 1 unspecified atom stereocenters. The van der Waals surface area contributed by atoms with Crippen LogP contribution in [0.5, 0.6) is 0 Å². The van der Waals surface area contributed by atoms with E-state index in [1.165, 1.54) is 44.2 Å². The van der Waals surface area contributed by atoms with Gasteiger partial charge in [-0.3, -0.25) is 19.2 Å². The number of carbonyl (C=O) groups is 4. The van der Waals surface area contributed by atoms with E-state index < -0.39 is 66.1 Å². The molecule has 3 amide bonds. The fourth-order valence-electron chi connectivity index (χ4n) is 4.62. The Morgan fingerprint density at radius 2 is 1.30 bits per heavy atom. The van der Waals surface area contributed by atoms with Gasteiger partial charge in [-0.2, -0.15) is 22.0 Å². The van der Waals surface area contributed by atoms with E-state index in [-0.39, 0.29) is 17.0 Å². The predicted octanol–water partition coefficient (Wildman–Crippen LogP) is 7.05. The standard InChI is InChI=1S/C32H29Cl3F5N3O4/c1-17(2)26(28(45)32(39,40)30(47)41-16-31(36,37)38)43-29(46)27(19-8-10-21(33)11-9-19)42-25(44)15-24(18-6-4-3-5-7-18)20-12-22(34)14-23(35)13-20/h3-14,17,24,26-27H,15-16H2,1-2H3,(H,41,47)(H,42,44)(H,43,46)/t24?,26-,27-/m0/s1. The van der Waals surface area contributed by atoms with E-state index in [0.717, 1.165) is 5.32 Å². The third kappa shape index (κ3) is 10.6. The number of ketones is 1. The summed E-state index contributed by atoms with van der Waals surface area (Å²) in [5.74, 6) is -13.0. The highest BCUT2D eigenvalue weighted by Crippen LogP contribution is 2.32. The van der Waals surface area contributed by atoms with Gasteiger partial charge in [0.15, 0.2) is 0 Å². The molecule has 0 saturated carbocycles. The normalized spacial score (nSPS) is 13.8. The molecule has 3 aromatic carbocycles. The van der Waals surface area contributed by atoms with Crippen LogP contribution in [-0.2, 0) is 19.2 Å². The molecule has 0 aliphatic rings. The summed E-state index contributed by atoms with van der Waals surface area (Å²) in [6, 6.07) is 15.7. The van der Waals surface area contributed by atoms with Gasteiger partial charge in [0.1, 0.15) is 12.6 Å². The second-order valence-electron chi connectivity index (χ2n) is 10.9. The van der Waals surface area contributed by atoms with E-state index in [0.29, 0.717) is 21.2 Å². The second kappa shape index (κ2) is 15.9. The quantitative estimate of drug-likeness (QED) is 0.130. The lowest BCUT2D eigenvalue weighted by Crippen LogP contribution is -2.58. The van der Waals surface area contributed by atoms with Crippen molar-refractivity contribution in [3.8, 4) is 0 Å². The van der Waals surface area contributed by atoms with Gasteiger partial charge in [0, 0.05) is 27.4 Å². The Hall–Kier alpha value is -3.74. The van der Waals surface area contributed by atoms with Gasteiger partial charge < -0.3 is 16.0 Å². The Bertz CT molecular complexity index is 1570. The minimum absolute atomic E-state index is 0.159. The number of halogens is 8. The molecule has 0 bridgehead atoms. The molecule has 0 heterocycles. The average Bonchev–Trinajstić information content (AvgIpc) is 2.99. The molecule has 252 valence electrons. The topological polar surface area (TPSA) is 104 Å². The molecule has 3 aromatic rings. The summed E-state index contributed by atoms with van der Waals surface area (Å²) in [6.07, 6.45) is -5.24. The number of hydrogen-bond acceptors (Lipinski definition) is 4. The van der Waals surface area contributed by atoms with E-state index in [4.69, 9.17) is 34.8 Å². The van der Waals surface area contributed by atoms with Crippen molar-refractivity contribution < 1.29 is 41.1 Å². The number of carbonyl (C=O) groups excluding carboxylic acids is 4. The Balaban J connectivity index is 1.91. The van der Waals surface area contributed by atoms with Gasteiger partial charge in [-0.05, 0) is 52.9 Å². The molecule has 47 heavy (non-hydrogen) atoms. The molecule has 15 heteroatoms. The van der Waals surface area contributed by atoms with Gasteiger partial charge in [0.2, 0.25) is 17.6 Å². The highest BCUT2D eigenvalue weighted by atomic mass is 35.5. The van der Waals surface area contributed by atoms with E-state index in [2.05, 4.69) is 10.6 Å². The lowest BCUT2D eigenvalue weighted by Gasteiger charge is -2.28. The van der Waals surface area contributed by atoms with Gasteiger partial charge in [0.25, 0.3) is 5.91 Å². The number of amides is 3. The van der Waals surface area contributed by atoms with Crippen LogP contribution in [0.25, 0.3) is 0 Å². The maximum atomic E-state index is 14.8. The van der Waals surface area contributed by atoms with Crippen molar-refractivity contribution in [3.05, 3.63) is 105 Å². The van der Waals surface area contributed by atoms with Crippen molar-refractivity contribution in [3.63, 3.8) is 0 Å². The molecular formula is C32H29Cl3F5N3O4. The number of nitrogens with one attached hydrogen (secondary N) is 3. The zero-order valence-corrected chi connectivity index (χ0v) is 27.1. The summed E-state index contributed by atoms with van der Waals surface area (Å²) in [5, 5.41) is 6.62. The molecule has 0 fully saturated rings. The fourth-order valence-corrected chi connectivity index (χ4v) is 5.29. The van der Waals surface area contributed by atoms with Crippen molar-refractivity contribution in [2.75, 3.05) is 6.54 Å². The highest BCUT2D eigenvalue weighted by molar-refractivity contribution is 6.34. The first-order valence-electron chi connectivity index (χ1n) is 14.0. The van der Waals surface area contributed by atoms with Gasteiger partial charge >= 0.3 is 12.1 Å². The number of rotatable bonds is 13. The Morgan fingerprint density at radius 3 is 1.83 bits per heavy atom. The molecule has 3 N–H and O–H groups in total. The Kier molecular flexibility index (Phi) is 12.8. The maximum absolute atomic E-state index is 14.8. The number of alkyl halides is 5. The van der Waals surface area contributed by atoms with Crippen LogP contribution in [0.15, 0.2) is 72.8 Å². The minimum Gasteiger partial charge on any atom is -0.344 e. The molecular weight excluding hydrogens is 692 g/mol. The lowest BCUT2D eigenvalue weighted by molar-refractivity contribution is -0.165. The number of hydrogen-bond donors (Lipinski definition) is 3. The minimum atomic E-state index is -5.01. The molecule has 0 aliphatic heterocycles. The van der Waals surface area contributed by atoms with Crippen LogP contribution in [0.3, 0.4) is 0 Å². The molecule has 0 saturated heterocycles. The molecule has 0 radical (unpaired) electrons. The summed E-state index contributed by atoms with van der Waals surface area (Å²) < 4.78 is 67.0. The highest BCUT2D eigenvalue weighted by Gasteiger charge is 2.52. The van der Waals surface area contributed by atoms with Crippen LogP contribution in [0.4, 0.5) is 22.0 Å². The van der Waals surface area contributed by atoms with Crippen LogP contribution < -0.4 is 16.0 Å². The van der Waals surface area contributed by atoms with E-state index >= 15 is 0 Å². The summed E-state index contributed by atoms with van der Waals surface area (Å²) in [5.41, 5.74) is 1.46. The first-order valence-corrected chi connectivity index (χ1v) is 15.2. The van der Waals surface area contributed by atoms with E-state index in [1.54, 1.807) is 42.5 Å². The molecule has 7 nitrogen and oxygen atoms in total. The van der Waals surface area contributed by atoms with Crippen LogP contribution in [0.1, 0.15) is 48.9 Å². The van der Waals surface area contributed by atoms with E-state index in [1.807, 2.05) is 0 Å². The molecule has 0 aromatic heterocycles. The predicted molar refractivity (Wildman–Crippen MR) is 167 cm³/mol. The van der Waals surface area contributed by atoms with Gasteiger partial charge in [0.05, 0.1) is 6.04 Å². The fraction of sp³-hybridized carbons (Fsp3) is 0.312. The molecule has 0 aliphatic carbocycles. The van der Waals surface area contributed by atoms with Crippen molar-refractivity contribution in [1.29, 1.82) is 0 Å². The molecule has 3 rings (SSSR count). The first-order chi connectivity index (χ1) is 21.9. The lowest BCUT2D eigenvalue weighted by atomic mass is 9.88. The molecule has 3 atom stereocenters. The summed E-state index contributed by atoms with van der Waals surface area (Å²) in [7, 11) is 0. The van der Waals surface area contributed by atoms with Crippen LogP contribution in [0.2, 0.25) is 15.1 Å².